The average molecular weight is 466 g/mol. The van der Waals surface area contributed by atoms with Gasteiger partial charge in [0, 0.05) is 18.0 Å². The molecule has 0 atom stereocenters. The van der Waals surface area contributed by atoms with E-state index in [1.165, 1.54) is 25.1 Å². The van der Waals surface area contributed by atoms with Gasteiger partial charge in [0.15, 0.2) is 0 Å². The molecule has 0 heterocycles. The number of benzene rings is 3. The van der Waals surface area contributed by atoms with Gasteiger partial charge in [0.25, 0.3) is 5.91 Å². The third kappa shape index (κ3) is 6.43. The van der Waals surface area contributed by atoms with Gasteiger partial charge in [-0.3, -0.25) is 9.59 Å². The first-order valence-corrected chi connectivity index (χ1v) is 10.6. The quantitative estimate of drug-likeness (QED) is 0.361. The topological polar surface area (TPSA) is 81.7 Å². The summed E-state index contributed by atoms with van der Waals surface area (Å²) in [6.07, 6.45) is 0. The lowest BCUT2D eigenvalue weighted by atomic mass is 10.0. The van der Waals surface area contributed by atoms with E-state index in [1.54, 1.807) is 39.0 Å². The molecule has 1 amide bonds. The van der Waals surface area contributed by atoms with Gasteiger partial charge in [-0.05, 0) is 56.2 Å². The van der Waals surface area contributed by atoms with Crippen LogP contribution < -0.4 is 10.1 Å². The monoisotopic (exact) mass is 465 g/mol. The lowest BCUT2D eigenvalue weighted by Crippen LogP contribution is -2.25. The fourth-order valence-corrected chi connectivity index (χ4v) is 3.24. The minimum Gasteiger partial charge on any atom is -0.456 e. The first-order chi connectivity index (χ1) is 15.5. The fraction of sp³-hybridized carbons (Fsp3) is 0.192. The summed E-state index contributed by atoms with van der Waals surface area (Å²) in [5.41, 5.74) is 1.55. The molecular formula is C26H24ClNO5. The first-order valence-electron chi connectivity index (χ1n) is 10.3. The van der Waals surface area contributed by atoms with Crippen LogP contribution in [0.3, 0.4) is 0 Å². The summed E-state index contributed by atoms with van der Waals surface area (Å²) in [6, 6.07) is 19.0. The number of anilines is 1. The highest BCUT2D eigenvalue weighted by atomic mass is 35.5. The second-order valence-electron chi connectivity index (χ2n) is 8.32. The fourth-order valence-electron chi connectivity index (χ4n) is 3.08. The molecule has 0 aliphatic heterocycles. The molecule has 0 fully saturated rings. The van der Waals surface area contributed by atoms with Crippen LogP contribution in [0.4, 0.5) is 5.69 Å². The minimum atomic E-state index is -0.713. The zero-order valence-corrected chi connectivity index (χ0v) is 19.5. The maximum atomic E-state index is 13.1. The average Bonchev–Trinajstić information content (AvgIpc) is 2.72. The molecule has 170 valence electrons. The molecule has 0 saturated heterocycles. The first kappa shape index (κ1) is 24.0. The number of carbonyl (C=O) groups is 3. The number of ether oxygens (including phenoxy) is 2. The molecule has 0 spiro atoms. The molecule has 0 aromatic heterocycles. The van der Waals surface area contributed by atoms with Crippen molar-refractivity contribution in [2.75, 3.05) is 5.32 Å². The van der Waals surface area contributed by atoms with Crippen LogP contribution in [0.2, 0.25) is 5.02 Å². The number of hydrogen-bond acceptors (Lipinski definition) is 5. The van der Waals surface area contributed by atoms with Crippen molar-refractivity contribution in [2.45, 2.75) is 33.3 Å². The van der Waals surface area contributed by atoms with Gasteiger partial charge in [0.2, 0.25) is 0 Å². The van der Waals surface area contributed by atoms with Crippen molar-refractivity contribution in [3.05, 3.63) is 82.9 Å². The highest BCUT2D eigenvalue weighted by Crippen LogP contribution is 2.30. The van der Waals surface area contributed by atoms with Crippen LogP contribution in [0.1, 0.15) is 48.4 Å². The molecule has 3 aromatic carbocycles. The lowest BCUT2D eigenvalue weighted by Gasteiger charge is -2.21. The Balaban J connectivity index is 2.03. The number of hydrogen-bond donors (Lipinski definition) is 1. The number of amides is 1. The van der Waals surface area contributed by atoms with Gasteiger partial charge in [-0.1, -0.05) is 48.0 Å². The van der Waals surface area contributed by atoms with E-state index in [1.807, 2.05) is 30.3 Å². The van der Waals surface area contributed by atoms with Crippen molar-refractivity contribution in [3.63, 3.8) is 0 Å². The Bertz CT molecular complexity index is 1200. The molecular weight excluding hydrogens is 442 g/mol. The zero-order chi connectivity index (χ0) is 24.2. The summed E-state index contributed by atoms with van der Waals surface area (Å²) in [5, 5.41) is 3.07. The Morgan fingerprint density at radius 3 is 2.15 bits per heavy atom. The van der Waals surface area contributed by atoms with Crippen LogP contribution in [0.25, 0.3) is 11.1 Å². The van der Waals surface area contributed by atoms with Crippen molar-refractivity contribution in [1.82, 2.24) is 0 Å². The van der Waals surface area contributed by atoms with E-state index in [4.69, 9.17) is 21.1 Å². The van der Waals surface area contributed by atoms with E-state index in [0.717, 1.165) is 11.1 Å². The van der Waals surface area contributed by atoms with Crippen molar-refractivity contribution in [2.24, 2.45) is 0 Å². The second-order valence-corrected chi connectivity index (χ2v) is 8.75. The number of nitrogens with one attached hydrogen (secondary N) is 1. The number of rotatable bonds is 5. The van der Waals surface area contributed by atoms with Gasteiger partial charge in [-0.25, -0.2) is 4.79 Å². The van der Waals surface area contributed by atoms with Crippen molar-refractivity contribution in [1.29, 1.82) is 0 Å². The summed E-state index contributed by atoms with van der Waals surface area (Å²) < 4.78 is 10.7. The van der Waals surface area contributed by atoms with Crippen LogP contribution in [0.5, 0.6) is 5.75 Å². The molecule has 7 heteroatoms. The van der Waals surface area contributed by atoms with Crippen LogP contribution >= 0.6 is 11.6 Å². The zero-order valence-electron chi connectivity index (χ0n) is 18.8. The van der Waals surface area contributed by atoms with E-state index >= 15 is 0 Å². The third-order valence-electron chi connectivity index (χ3n) is 4.44. The van der Waals surface area contributed by atoms with Crippen LogP contribution in [0, 0.1) is 0 Å². The van der Waals surface area contributed by atoms with Crippen LogP contribution in [-0.2, 0) is 9.53 Å². The number of esters is 2. The molecule has 3 aromatic rings. The van der Waals surface area contributed by atoms with E-state index < -0.39 is 23.4 Å². The Hall–Kier alpha value is -3.64. The summed E-state index contributed by atoms with van der Waals surface area (Å²) in [5.74, 6) is -1.72. The van der Waals surface area contributed by atoms with Gasteiger partial charge in [-0.15, -0.1) is 0 Å². The molecule has 0 radical (unpaired) electrons. The Morgan fingerprint density at radius 2 is 1.52 bits per heavy atom. The Morgan fingerprint density at radius 1 is 0.848 bits per heavy atom. The van der Waals surface area contributed by atoms with Crippen molar-refractivity contribution >= 4 is 35.1 Å². The molecule has 0 saturated carbocycles. The molecule has 6 nitrogen and oxygen atoms in total. The number of carbonyl (C=O) groups excluding carboxylic acids is 3. The van der Waals surface area contributed by atoms with Crippen molar-refractivity contribution < 1.29 is 23.9 Å². The van der Waals surface area contributed by atoms with E-state index in [2.05, 4.69) is 5.32 Å². The van der Waals surface area contributed by atoms with E-state index in [-0.39, 0.29) is 22.6 Å². The summed E-state index contributed by atoms with van der Waals surface area (Å²) in [4.78, 5) is 37.5. The summed E-state index contributed by atoms with van der Waals surface area (Å²) in [6.45, 7) is 6.52. The molecule has 0 aliphatic rings. The van der Waals surface area contributed by atoms with E-state index in [0.29, 0.717) is 5.02 Å². The molecule has 0 unspecified atom stereocenters. The number of halogens is 1. The molecule has 0 bridgehead atoms. The maximum absolute atomic E-state index is 13.1. The minimum absolute atomic E-state index is 0.0190. The van der Waals surface area contributed by atoms with Crippen LogP contribution in [-0.4, -0.2) is 23.4 Å². The van der Waals surface area contributed by atoms with Gasteiger partial charge >= 0.3 is 11.9 Å². The largest absolute Gasteiger partial charge is 0.456 e. The Labute approximate surface area is 197 Å². The van der Waals surface area contributed by atoms with Gasteiger partial charge < -0.3 is 14.8 Å². The third-order valence-corrected chi connectivity index (χ3v) is 4.67. The van der Waals surface area contributed by atoms with Gasteiger partial charge in [0.1, 0.15) is 11.4 Å². The SMILES string of the molecule is CC(=O)Oc1cc(Cl)ccc1C(=O)Nc1cc(-c2ccccc2)ccc1C(=O)OC(C)(C)C. The highest BCUT2D eigenvalue weighted by Gasteiger charge is 2.23. The van der Waals surface area contributed by atoms with Crippen LogP contribution in [0.15, 0.2) is 66.7 Å². The van der Waals surface area contributed by atoms with E-state index in [9.17, 15) is 14.4 Å². The predicted octanol–water partition coefficient (Wildman–Crippen LogP) is 6.14. The molecule has 1 N–H and O–H groups in total. The maximum Gasteiger partial charge on any atom is 0.340 e. The van der Waals surface area contributed by atoms with Crippen molar-refractivity contribution in [3.8, 4) is 16.9 Å². The van der Waals surface area contributed by atoms with Gasteiger partial charge in [0.05, 0.1) is 16.8 Å². The smallest absolute Gasteiger partial charge is 0.340 e. The standard InChI is InChI=1S/C26H24ClNO5/c1-16(29)32-23-15-19(27)11-13-21(23)24(30)28-22-14-18(17-8-6-5-7-9-17)10-12-20(22)25(31)33-26(2,3)4/h5-15H,1-4H3,(H,28,30). The molecule has 3 rings (SSSR count). The molecule has 0 aliphatic carbocycles. The highest BCUT2D eigenvalue weighted by molar-refractivity contribution is 6.31. The summed E-state index contributed by atoms with van der Waals surface area (Å²) in [7, 11) is 0. The van der Waals surface area contributed by atoms with Gasteiger partial charge in [-0.2, -0.15) is 0 Å². The summed E-state index contributed by atoms with van der Waals surface area (Å²) >= 11 is 6.00. The lowest BCUT2D eigenvalue weighted by molar-refractivity contribution is -0.131. The predicted molar refractivity (Wildman–Crippen MR) is 128 cm³/mol. The second kappa shape index (κ2) is 9.88. The normalized spacial score (nSPS) is 10.9. The Kier molecular flexibility index (Phi) is 7.19. The molecule has 33 heavy (non-hydrogen) atoms.